The highest BCUT2D eigenvalue weighted by molar-refractivity contribution is 7.10. The fourth-order valence-electron chi connectivity index (χ4n) is 5.81. The van der Waals surface area contributed by atoms with Crippen molar-refractivity contribution in [2.75, 3.05) is 39.3 Å². The number of thiophene rings is 1. The second-order valence-corrected chi connectivity index (χ2v) is 11.0. The summed E-state index contributed by atoms with van der Waals surface area (Å²) in [6.07, 6.45) is 0.982. The minimum atomic E-state index is 0.0459. The van der Waals surface area contributed by atoms with Gasteiger partial charge in [0.15, 0.2) is 0 Å². The van der Waals surface area contributed by atoms with E-state index in [1.807, 2.05) is 63.6 Å². The van der Waals surface area contributed by atoms with Gasteiger partial charge in [0.2, 0.25) is 5.91 Å². The van der Waals surface area contributed by atoms with E-state index < -0.39 is 0 Å². The molecule has 2 aliphatic rings. The van der Waals surface area contributed by atoms with Gasteiger partial charge in [-0.2, -0.15) is 0 Å². The van der Waals surface area contributed by atoms with Crippen LogP contribution in [-0.2, 0) is 11.2 Å². The summed E-state index contributed by atoms with van der Waals surface area (Å²) in [7, 11) is 0. The predicted octanol–water partition coefficient (Wildman–Crippen LogP) is 5.14. The van der Waals surface area contributed by atoms with E-state index in [1.54, 1.807) is 0 Å². The first-order valence-electron chi connectivity index (χ1n) is 13.0. The fraction of sp³-hybridized carbons (Fsp3) is 0.290. The third kappa shape index (κ3) is 4.56. The number of fused-ring (bicyclic) bond motifs is 2. The minimum absolute atomic E-state index is 0.0459. The quantitative estimate of drug-likeness (QED) is 0.383. The van der Waals surface area contributed by atoms with Crippen LogP contribution in [0.2, 0.25) is 0 Å². The molecule has 2 amide bonds. The highest BCUT2D eigenvalue weighted by Crippen LogP contribution is 2.38. The summed E-state index contributed by atoms with van der Waals surface area (Å²) in [5.74, 6) is 0.194. The summed E-state index contributed by atoms with van der Waals surface area (Å²) in [6, 6.07) is 24.7. The third-order valence-electron chi connectivity index (χ3n) is 7.83. The van der Waals surface area contributed by atoms with Crippen LogP contribution in [0.5, 0.6) is 0 Å². The molecule has 3 heterocycles. The summed E-state index contributed by atoms with van der Waals surface area (Å²) >= 11 is 1.82. The highest BCUT2D eigenvalue weighted by atomic mass is 32.1. The average Bonchev–Trinajstić information content (AvgIpc) is 3.42. The number of aryl methyl sites for hydroxylation is 1. The van der Waals surface area contributed by atoms with E-state index in [-0.39, 0.29) is 17.9 Å². The minimum Gasteiger partial charge on any atom is -0.338 e. The molecule has 0 bridgehead atoms. The molecule has 1 unspecified atom stereocenters. The molecule has 0 saturated carbocycles. The zero-order valence-electron chi connectivity index (χ0n) is 21.1. The van der Waals surface area contributed by atoms with Crippen LogP contribution in [0.4, 0.5) is 0 Å². The van der Waals surface area contributed by atoms with Crippen molar-refractivity contribution >= 4 is 33.9 Å². The molecule has 0 N–H and O–H groups in total. The van der Waals surface area contributed by atoms with E-state index in [1.165, 1.54) is 21.6 Å². The zero-order chi connectivity index (χ0) is 25.4. The Morgan fingerprint density at radius 1 is 0.811 bits per heavy atom. The Kier molecular flexibility index (Phi) is 6.53. The van der Waals surface area contributed by atoms with Gasteiger partial charge in [0.1, 0.15) is 0 Å². The second kappa shape index (κ2) is 10.1. The van der Waals surface area contributed by atoms with Crippen LogP contribution < -0.4 is 0 Å². The summed E-state index contributed by atoms with van der Waals surface area (Å²) < 4.78 is 0. The third-order valence-corrected chi connectivity index (χ3v) is 8.82. The maximum Gasteiger partial charge on any atom is 0.254 e. The Morgan fingerprint density at radius 3 is 2.38 bits per heavy atom. The lowest BCUT2D eigenvalue weighted by atomic mass is 9.90. The molecule has 1 atom stereocenters. The number of nitrogens with zero attached hydrogens (tertiary/aromatic N) is 3. The maximum atomic E-state index is 13.5. The number of amides is 2. The van der Waals surface area contributed by atoms with Gasteiger partial charge in [0.05, 0.1) is 12.6 Å². The molecule has 188 valence electrons. The van der Waals surface area contributed by atoms with Crippen molar-refractivity contribution in [3.8, 4) is 0 Å². The Hall–Kier alpha value is -3.48. The van der Waals surface area contributed by atoms with E-state index in [2.05, 4.69) is 47.5 Å². The van der Waals surface area contributed by atoms with Crippen molar-refractivity contribution in [2.45, 2.75) is 19.4 Å². The number of hydrogen-bond donors (Lipinski definition) is 0. The summed E-state index contributed by atoms with van der Waals surface area (Å²) in [6.45, 7) is 5.68. The van der Waals surface area contributed by atoms with E-state index in [9.17, 15) is 9.59 Å². The summed E-state index contributed by atoms with van der Waals surface area (Å²) in [5, 5.41) is 4.22. The van der Waals surface area contributed by atoms with Crippen LogP contribution in [0.15, 0.2) is 78.2 Å². The highest BCUT2D eigenvalue weighted by Gasteiger charge is 2.33. The maximum absolute atomic E-state index is 13.5. The molecule has 0 aliphatic carbocycles. The fourth-order valence-corrected chi connectivity index (χ4v) is 6.72. The largest absolute Gasteiger partial charge is 0.338 e. The lowest BCUT2D eigenvalue weighted by molar-refractivity contribution is -0.134. The molecule has 5 nitrogen and oxygen atoms in total. The number of carbonyl (C=O) groups is 2. The van der Waals surface area contributed by atoms with Crippen LogP contribution >= 0.6 is 11.3 Å². The average molecular weight is 510 g/mol. The second-order valence-electron chi connectivity index (χ2n) is 9.98. The first-order chi connectivity index (χ1) is 18.1. The van der Waals surface area contributed by atoms with Gasteiger partial charge in [-0.25, -0.2) is 0 Å². The van der Waals surface area contributed by atoms with Crippen molar-refractivity contribution in [3.05, 3.63) is 105 Å². The van der Waals surface area contributed by atoms with Crippen LogP contribution in [0.3, 0.4) is 0 Å². The smallest absolute Gasteiger partial charge is 0.254 e. The SMILES string of the molecule is Cc1ccccc1C1c2ccsc2CCN1CC(=O)N1CCN(C(=O)c2cccc3ccccc23)CC1. The summed E-state index contributed by atoms with van der Waals surface area (Å²) in [4.78, 5) is 34.4. The standard InChI is InChI=1S/C31H31N3O2S/c1-22-7-2-4-10-24(22)30-27-14-20-37-28(27)13-15-34(30)21-29(35)32-16-18-33(19-17-32)31(36)26-12-6-9-23-8-3-5-11-25(23)26/h2-12,14,20,30H,13,15-19,21H2,1H3. The van der Waals surface area contributed by atoms with Gasteiger partial charge in [0, 0.05) is 43.2 Å². The van der Waals surface area contributed by atoms with Gasteiger partial charge in [-0.3, -0.25) is 14.5 Å². The molecular formula is C31H31N3O2S. The van der Waals surface area contributed by atoms with Crippen molar-refractivity contribution < 1.29 is 9.59 Å². The Morgan fingerprint density at radius 2 is 1.54 bits per heavy atom. The van der Waals surface area contributed by atoms with Gasteiger partial charge in [-0.15, -0.1) is 11.3 Å². The Labute approximate surface area is 221 Å². The molecule has 2 aliphatic heterocycles. The lowest BCUT2D eigenvalue weighted by Crippen LogP contribution is -2.53. The number of hydrogen-bond acceptors (Lipinski definition) is 4. The number of rotatable bonds is 4. The van der Waals surface area contributed by atoms with Gasteiger partial charge in [0.25, 0.3) is 5.91 Å². The molecule has 1 aromatic heterocycles. The Balaban J connectivity index is 1.14. The first kappa shape index (κ1) is 23.9. The Bertz CT molecular complexity index is 1450. The van der Waals surface area contributed by atoms with Gasteiger partial charge >= 0.3 is 0 Å². The summed E-state index contributed by atoms with van der Waals surface area (Å²) in [5.41, 5.74) is 4.60. The van der Waals surface area contributed by atoms with Crippen molar-refractivity contribution in [1.29, 1.82) is 0 Å². The van der Waals surface area contributed by atoms with Crippen LogP contribution in [-0.4, -0.2) is 65.8 Å². The normalized spacial score (nSPS) is 18.1. The molecule has 1 saturated heterocycles. The molecule has 1 fully saturated rings. The topological polar surface area (TPSA) is 43.9 Å². The van der Waals surface area contributed by atoms with Crippen LogP contribution in [0.1, 0.15) is 38.0 Å². The van der Waals surface area contributed by atoms with E-state index in [0.717, 1.165) is 29.3 Å². The van der Waals surface area contributed by atoms with Gasteiger partial charge in [-0.05, 0) is 58.3 Å². The van der Waals surface area contributed by atoms with Crippen LogP contribution in [0.25, 0.3) is 10.8 Å². The molecular weight excluding hydrogens is 478 g/mol. The molecule has 4 aromatic rings. The number of benzene rings is 3. The molecule has 0 radical (unpaired) electrons. The van der Waals surface area contributed by atoms with E-state index >= 15 is 0 Å². The lowest BCUT2D eigenvalue weighted by Gasteiger charge is -2.39. The first-order valence-corrected chi connectivity index (χ1v) is 13.9. The zero-order valence-corrected chi connectivity index (χ0v) is 21.9. The van der Waals surface area contributed by atoms with Crippen LogP contribution in [0, 0.1) is 6.92 Å². The monoisotopic (exact) mass is 509 g/mol. The molecule has 0 spiro atoms. The van der Waals surface area contributed by atoms with Gasteiger partial charge < -0.3 is 9.80 Å². The number of carbonyl (C=O) groups excluding carboxylic acids is 2. The molecule has 6 heteroatoms. The molecule has 6 rings (SSSR count). The van der Waals surface area contributed by atoms with E-state index in [4.69, 9.17) is 0 Å². The van der Waals surface area contributed by atoms with Crippen molar-refractivity contribution in [3.63, 3.8) is 0 Å². The molecule has 37 heavy (non-hydrogen) atoms. The van der Waals surface area contributed by atoms with Crippen molar-refractivity contribution in [2.24, 2.45) is 0 Å². The molecule has 3 aromatic carbocycles. The predicted molar refractivity (Wildman–Crippen MR) is 149 cm³/mol. The van der Waals surface area contributed by atoms with Gasteiger partial charge in [-0.1, -0.05) is 60.7 Å². The van der Waals surface area contributed by atoms with Crippen molar-refractivity contribution in [1.82, 2.24) is 14.7 Å². The number of piperazine rings is 1. The van der Waals surface area contributed by atoms with E-state index in [0.29, 0.717) is 32.7 Å².